The van der Waals surface area contributed by atoms with Gasteiger partial charge >= 0.3 is 0 Å². The fraction of sp³-hybridized carbons (Fsp3) is 0.111. The van der Waals surface area contributed by atoms with E-state index in [9.17, 15) is 4.79 Å². The second-order valence-corrected chi connectivity index (χ2v) is 7.14. The van der Waals surface area contributed by atoms with Crippen molar-refractivity contribution < 1.29 is 14.3 Å². The predicted molar refractivity (Wildman–Crippen MR) is 98.7 cm³/mol. The van der Waals surface area contributed by atoms with Gasteiger partial charge in [0.1, 0.15) is 0 Å². The summed E-state index contributed by atoms with van der Waals surface area (Å²) in [6.07, 6.45) is 8.70. The minimum Gasteiger partial charge on any atom is -0.454 e. The third-order valence-corrected chi connectivity index (χ3v) is 5.44. The molecule has 124 valence electrons. The highest BCUT2D eigenvalue weighted by molar-refractivity contribution is 7.16. The van der Waals surface area contributed by atoms with Crippen LogP contribution in [0, 0.1) is 12.3 Å². The third-order valence-electron chi connectivity index (χ3n) is 3.57. The number of benzene rings is 1. The number of carbonyl (C=O) groups is 1. The van der Waals surface area contributed by atoms with Crippen molar-refractivity contribution in [3.63, 3.8) is 0 Å². The number of fused-ring (bicyclic) bond motifs is 2. The summed E-state index contributed by atoms with van der Waals surface area (Å²) in [4.78, 5) is 17.9. The van der Waals surface area contributed by atoms with Gasteiger partial charge in [-0.05, 0) is 17.5 Å². The van der Waals surface area contributed by atoms with E-state index in [0.29, 0.717) is 22.8 Å². The predicted octanol–water partition coefficient (Wildman–Crippen LogP) is 3.27. The molecule has 0 spiro atoms. The van der Waals surface area contributed by atoms with Crippen molar-refractivity contribution in [3.8, 4) is 23.8 Å². The van der Waals surface area contributed by atoms with Crippen molar-refractivity contribution in [2.75, 3.05) is 6.79 Å². The molecule has 0 fully saturated rings. The van der Waals surface area contributed by atoms with Crippen molar-refractivity contribution >= 4 is 44.9 Å². The zero-order valence-electron chi connectivity index (χ0n) is 13.0. The largest absolute Gasteiger partial charge is 0.454 e. The van der Waals surface area contributed by atoms with Crippen molar-refractivity contribution in [1.29, 1.82) is 0 Å². The molecule has 3 aromatic rings. The Labute approximate surface area is 151 Å². The van der Waals surface area contributed by atoms with Crippen LogP contribution in [-0.2, 0) is 11.3 Å². The topological polar surface area (TPSA) is 52.8 Å². The van der Waals surface area contributed by atoms with E-state index in [-0.39, 0.29) is 12.7 Å². The molecule has 0 atom stereocenters. The minimum atomic E-state index is -0.328. The Bertz CT molecular complexity index is 1080. The summed E-state index contributed by atoms with van der Waals surface area (Å²) in [5.41, 5.74) is 0.876. The first-order valence-corrected chi connectivity index (χ1v) is 9.11. The molecule has 2 aromatic heterocycles. The first-order valence-electron chi connectivity index (χ1n) is 7.41. The fourth-order valence-electron chi connectivity index (χ4n) is 2.46. The van der Waals surface area contributed by atoms with E-state index in [0.717, 1.165) is 15.1 Å². The number of rotatable bonds is 3. The van der Waals surface area contributed by atoms with Crippen LogP contribution in [0.1, 0.15) is 4.88 Å². The van der Waals surface area contributed by atoms with Crippen LogP contribution in [0.4, 0.5) is 0 Å². The first kappa shape index (κ1) is 15.7. The maximum absolute atomic E-state index is 12.2. The van der Waals surface area contributed by atoms with Gasteiger partial charge in [0.15, 0.2) is 16.3 Å². The second kappa shape index (κ2) is 6.59. The Hall–Kier alpha value is -2.82. The van der Waals surface area contributed by atoms with Gasteiger partial charge in [-0.3, -0.25) is 4.79 Å². The van der Waals surface area contributed by atoms with Crippen LogP contribution in [0.2, 0.25) is 0 Å². The summed E-state index contributed by atoms with van der Waals surface area (Å²) in [5, 5.41) is 1.96. The zero-order valence-corrected chi connectivity index (χ0v) is 14.6. The number of ether oxygens (including phenoxy) is 2. The van der Waals surface area contributed by atoms with Gasteiger partial charge in [-0.2, -0.15) is 4.99 Å². The maximum atomic E-state index is 12.2. The van der Waals surface area contributed by atoms with Crippen LogP contribution in [0.3, 0.4) is 0 Å². The molecular formula is C18H12N2O3S2. The lowest BCUT2D eigenvalue weighted by atomic mass is 10.3. The van der Waals surface area contributed by atoms with E-state index >= 15 is 0 Å². The molecular weight excluding hydrogens is 356 g/mol. The van der Waals surface area contributed by atoms with Crippen molar-refractivity contribution in [2.24, 2.45) is 4.99 Å². The Kier molecular flexibility index (Phi) is 4.14. The molecule has 1 aliphatic heterocycles. The molecule has 0 unspecified atom stereocenters. The van der Waals surface area contributed by atoms with E-state index in [1.54, 1.807) is 17.4 Å². The van der Waals surface area contributed by atoms with E-state index in [2.05, 4.69) is 10.9 Å². The second-order valence-electron chi connectivity index (χ2n) is 5.15. The minimum absolute atomic E-state index is 0.213. The Morgan fingerprint density at radius 1 is 1.40 bits per heavy atom. The molecule has 1 amide bonds. The Morgan fingerprint density at radius 2 is 2.24 bits per heavy atom. The van der Waals surface area contributed by atoms with Gasteiger partial charge in [0.2, 0.25) is 6.79 Å². The molecule has 0 saturated carbocycles. The fourth-order valence-corrected chi connectivity index (χ4v) is 4.12. The van der Waals surface area contributed by atoms with E-state index in [1.807, 2.05) is 34.2 Å². The number of terminal acetylenes is 1. The maximum Gasteiger partial charge on any atom is 0.272 e. The molecule has 0 bridgehead atoms. The van der Waals surface area contributed by atoms with Gasteiger partial charge < -0.3 is 14.0 Å². The summed E-state index contributed by atoms with van der Waals surface area (Å²) in [7, 11) is 0. The Balaban J connectivity index is 1.76. The number of carbonyl (C=O) groups excluding carboxylic acids is 1. The molecule has 4 rings (SSSR count). The molecule has 1 aliphatic rings. The molecule has 3 heterocycles. The van der Waals surface area contributed by atoms with Crippen LogP contribution in [0.25, 0.3) is 16.3 Å². The number of hydrogen-bond donors (Lipinski definition) is 0. The van der Waals surface area contributed by atoms with E-state index in [1.165, 1.54) is 17.4 Å². The smallest absolute Gasteiger partial charge is 0.272 e. The molecule has 7 heteroatoms. The van der Waals surface area contributed by atoms with Crippen LogP contribution in [0.5, 0.6) is 11.5 Å². The Morgan fingerprint density at radius 3 is 3.00 bits per heavy atom. The molecule has 0 saturated heterocycles. The highest BCUT2D eigenvalue weighted by Crippen LogP contribution is 2.36. The highest BCUT2D eigenvalue weighted by Gasteiger charge is 2.17. The van der Waals surface area contributed by atoms with Crippen LogP contribution >= 0.6 is 22.7 Å². The average molecular weight is 368 g/mol. The zero-order chi connectivity index (χ0) is 17.2. The van der Waals surface area contributed by atoms with Gasteiger partial charge in [0.05, 0.1) is 16.8 Å². The monoisotopic (exact) mass is 368 g/mol. The van der Waals surface area contributed by atoms with Crippen LogP contribution in [-0.4, -0.2) is 17.3 Å². The van der Waals surface area contributed by atoms with Gasteiger partial charge in [-0.25, -0.2) is 0 Å². The third kappa shape index (κ3) is 3.09. The summed E-state index contributed by atoms with van der Waals surface area (Å²) >= 11 is 2.96. The van der Waals surface area contributed by atoms with Crippen LogP contribution in [0.15, 0.2) is 40.7 Å². The molecule has 0 aliphatic carbocycles. The number of aromatic nitrogens is 1. The molecule has 25 heavy (non-hydrogen) atoms. The summed E-state index contributed by atoms with van der Waals surface area (Å²) < 4.78 is 13.6. The van der Waals surface area contributed by atoms with Gasteiger partial charge in [-0.1, -0.05) is 23.3 Å². The van der Waals surface area contributed by atoms with Crippen molar-refractivity contribution in [1.82, 2.24) is 4.57 Å². The molecule has 0 N–H and O–H groups in total. The standard InChI is InChI=1S/C18H12N2O3S2/c1-2-7-20-13-9-14-15(23-11-22-14)10-16(13)25-18(20)19-17(21)6-5-12-4-3-8-24-12/h1,3-6,8-10H,7,11H2. The summed E-state index contributed by atoms with van der Waals surface area (Å²) in [5.74, 6) is 3.64. The molecule has 5 nitrogen and oxygen atoms in total. The number of thiazole rings is 1. The number of hydrogen-bond acceptors (Lipinski definition) is 5. The van der Waals surface area contributed by atoms with Crippen molar-refractivity contribution in [3.05, 3.63) is 45.4 Å². The quantitative estimate of drug-likeness (QED) is 0.527. The number of amides is 1. The molecule has 1 aromatic carbocycles. The first-order chi connectivity index (χ1) is 12.2. The van der Waals surface area contributed by atoms with Gasteiger partial charge in [-0.15, -0.1) is 17.8 Å². The SMILES string of the molecule is C#CCn1c(=NC(=O)C=Cc2cccs2)sc2cc3c(cc21)OCO3. The summed E-state index contributed by atoms with van der Waals surface area (Å²) in [6.45, 7) is 0.533. The van der Waals surface area contributed by atoms with E-state index in [4.69, 9.17) is 15.9 Å². The van der Waals surface area contributed by atoms with Crippen molar-refractivity contribution in [2.45, 2.75) is 6.54 Å². The number of thiophene rings is 1. The molecule has 0 radical (unpaired) electrons. The van der Waals surface area contributed by atoms with Crippen LogP contribution < -0.4 is 14.3 Å². The highest BCUT2D eigenvalue weighted by atomic mass is 32.1. The summed E-state index contributed by atoms with van der Waals surface area (Å²) in [6, 6.07) is 7.63. The van der Waals surface area contributed by atoms with Gasteiger partial charge in [0, 0.05) is 23.1 Å². The average Bonchev–Trinajstić information content (AvgIpc) is 3.32. The lowest BCUT2D eigenvalue weighted by Gasteiger charge is -2.00. The van der Waals surface area contributed by atoms with E-state index < -0.39 is 0 Å². The number of nitrogens with zero attached hydrogens (tertiary/aromatic N) is 2. The normalized spacial score (nSPS) is 13.6. The lowest BCUT2D eigenvalue weighted by molar-refractivity contribution is -0.113. The van der Waals surface area contributed by atoms with Gasteiger partial charge in [0.25, 0.3) is 5.91 Å². The lowest BCUT2D eigenvalue weighted by Crippen LogP contribution is -2.15.